The Labute approximate surface area is 310 Å². The number of aromatic nitrogens is 2. The fraction of sp³-hybridized carbons (Fsp3) is 0.0714. The Morgan fingerprint density at radius 1 is 0.644 bits per heavy atom. The Kier molecular flexibility index (Phi) is 11.1. The second kappa shape index (κ2) is 13.9. The number of benzene rings is 4. The van der Waals surface area contributed by atoms with E-state index >= 15 is 0 Å². The Morgan fingerprint density at radius 2 is 1.07 bits per heavy atom. The smallest absolute Gasteiger partial charge is 0.282 e. The van der Waals surface area contributed by atoms with Gasteiger partial charge in [-0.25, -0.2) is 9.97 Å². The molecule has 0 aliphatic rings. The van der Waals surface area contributed by atoms with Crippen molar-refractivity contribution in [3.63, 3.8) is 0 Å². The fourth-order valence-electron chi connectivity index (χ4n) is 4.52. The van der Waals surface area contributed by atoms with Crippen LogP contribution in [-0.2, 0) is 20.2 Å². The largest absolute Gasteiger partial charge is 0.296 e. The van der Waals surface area contributed by atoms with Crippen molar-refractivity contribution < 1.29 is 25.9 Å². The number of nitrogens with one attached hydrogen (secondary N) is 1. The minimum atomic E-state index is -4.39. The van der Waals surface area contributed by atoms with Crippen LogP contribution in [0, 0.1) is 13.8 Å². The maximum atomic E-state index is 11.9. The molecule has 0 aliphatic heterocycles. The number of thiazole rings is 2. The number of hydrogen-bond acceptors (Lipinski definition) is 10. The second-order valence-corrected chi connectivity index (χ2v) is 14.3. The van der Waals surface area contributed by atoms with Crippen LogP contribution < -0.4 is 5.43 Å². The van der Waals surface area contributed by atoms with Crippen molar-refractivity contribution in [2.24, 2.45) is 10.3 Å². The van der Waals surface area contributed by atoms with Crippen LogP contribution in [0.15, 0.2) is 92.9 Å². The summed E-state index contributed by atoms with van der Waals surface area (Å²) >= 11 is 2.37. The van der Waals surface area contributed by atoms with E-state index in [1.165, 1.54) is 22.7 Å². The van der Waals surface area contributed by atoms with E-state index in [4.69, 9.17) is 0 Å². The minimum absolute atomic E-state index is 0. The average molecular weight is 698 g/mol. The summed E-state index contributed by atoms with van der Waals surface area (Å²) in [5.41, 5.74) is 7.50. The van der Waals surface area contributed by atoms with E-state index in [-0.39, 0.29) is 68.9 Å². The van der Waals surface area contributed by atoms with Crippen LogP contribution in [0.2, 0.25) is 0 Å². The van der Waals surface area contributed by atoms with E-state index in [1.54, 1.807) is 74.5 Å². The molecule has 2 radical (unpaired) electrons. The molecule has 45 heavy (non-hydrogen) atoms. The molecular weight excluding hydrogens is 677 g/mol. The molecule has 0 saturated heterocycles. The van der Waals surface area contributed by atoms with E-state index < -0.39 is 20.2 Å². The van der Waals surface area contributed by atoms with Gasteiger partial charge in [0, 0.05) is 70.2 Å². The topological polar surface area (TPSA) is 171 Å². The fourth-order valence-corrected chi connectivity index (χ4v) is 9.16. The van der Waals surface area contributed by atoms with Gasteiger partial charge in [-0.05, 0) is 85.6 Å². The molecule has 0 saturated carbocycles. The van der Waals surface area contributed by atoms with Gasteiger partial charge in [-0.15, -0.1) is 27.8 Å². The number of hydrogen-bond donors (Lipinski definition) is 3. The summed E-state index contributed by atoms with van der Waals surface area (Å²) in [7, 11) is -8.79. The first kappa shape index (κ1) is 35.7. The second-order valence-electron chi connectivity index (χ2n) is 9.54. The van der Waals surface area contributed by atoms with Crippen molar-refractivity contribution in [3.8, 4) is 21.1 Å². The first-order valence-corrected chi connectivity index (χ1v) is 17.0. The molecule has 0 unspecified atom stereocenters. The van der Waals surface area contributed by atoms with E-state index in [1.807, 2.05) is 12.1 Å². The molecule has 220 valence electrons. The van der Waals surface area contributed by atoms with Gasteiger partial charge >= 0.3 is 0 Å². The van der Waals surface area contributed by atoms with Crippen LogP contribution >= 0.6 is 22.7 Å². The minimum Gasteiger partial charge on any atom is -0.282 e. The molecule has 0 aliphatic carbocycles. The van der Waals surface area contributed by atoms with Gasteiger partial charge < -0.3 is 0 Å². The van der Waals surface area contributed by atoms with Gasteiger partial charge in [0.15, 0.2) is 0 Å². The normalized spacial score (nSPS) is 11.9. The van der Waals surface area contributed by atoms with Crippen molar-refractivity contribution in [2.45, 2.75) is 23.6 Å². The molecule has 4 aromatic carbocycles. The molecule has 6 aromatic rings. The standard InChI is InChI=1S/C28H21N5O6S4.2Na/c1-15-3-13-21-23(25(15)42(34,35)36)40-27(29-21)17-5-9-19(10-6-17)31-33-32-20-11-7-18(8-12-20)28-30-22-14-4-16(2)26(24(22)41-28)43(37,38)39;;/h3-14H,1-2H3,(H,31,32)(H,34,35,36)(H,37,38,39);;. The van der Waals surface area contributed by atoms with Crippen LogP contribution in [0.4, 0.5) is 11.4 Å². The molecular formula is C28H21N5Na2O6S4. The van der Waals surface area contributed by atoms with Crippen molar-refractivity contribution >= 4 is 134 Å². The Morgan fingerprint density at radius 3 is 1.49 bits per heavy atom. The summed E-state index contributed by atoms with van der Waals surface area (Å²) in [6, 6.07) is 21.0. The zero-order valence-corrected chi connectivity index (χ0v) is 31.6. The predicted molar refractivity (Wildman–Crippen MR) is 179 cm³/mol. The molecule has 11 nitrogen and oxygen atoms in total. The predicted octanol–water partition coefficient (Wildman–Crippen LogP) is 6.70. The van der Waals surface area contributed by atoms with Gasteiger partial charge in [0.05, 0.1) is 31.8 Å². The molecule has 0 bridgehead atoms. The summed E-state index contributed by atoms with van der Waals surface area (Å²) < 4.78 is 67.8. The van der Waals surface area contributed by atoms with Gasteiger partial charge in [0.1, 0.15) is 19.8 Å². The third kappa shape index (κ3) is 7.56. The van der Waals surface area contributed by atoms with Gasteiger partial charge in [0.2, 0.25) is 0 Å². The van der Waals surface area contributed by atoms with Gasteiger partial charge in [0.25, 0.3) is 20.2 Å². The van der Waals surface area contributed by atoms with Gasteiger partial charge in [-0.1, -0.05) is 17.4 Å². The Bertz CT molecular complexity index is 2290. The van der Waals surface area contributed by atoms with Crippen LogP contribution in [0.5, 0.6) is 0 Å². The molecule has 0 spiro atoms. The zero-order valence-electron chi connectivity index (χ0n) is 24.4. The summed E-state index contributed by atoms with van der Waals surface area (Å²) in [6.45, 7) is 3.25. The summed E-state index contributed by atoms with van der Waals surface area (Å²) in [5, 5.41) is 9.43. The monoisotopic (exact) mass is 697 g/mol. The SMILES string of the molecule is Cc1ccc2nc(-c3ccc(N=NNc4ccc(-c5nc6ccc(C)c(S(=O)(=O)O)c6s5)cc4)cc3)sc2c1S(=O)(=O)O.[Na].[Na]. The first-order valence-electron chi connectivity index (χ1n) is 12.5. The third-order valence-corrected chi connectivity index (χ3v) is 11.1. The van der Waals surface area contributed by atoms with E-state index in [2.05, 4.69) is 25.7 Å². The van der Waals surface area contributed by atoms with Crippen molar-refractivity contribution in [2.75, 3.05) is 5.43 Å². The molecule has 6 rings (SSSR count). The molecule has 3 N–H and O–H groups in total. The number of rotatable bonds is 7. The van der Waals surface area contributed by atoms with Crippen LogP contribution in [0.1, 0.15) is 11.1 Å². The van der Waals surface area contributed by atoms with Crippen molar-refractivity contribution in [1.82, 2.24) is 9.97 Å². The molecule has 0 atom stereocenters. The molecule has 0 fully saturated rings. The number of nitrogens with zero attached hydrogens (tertiary/aromatic N) is 4. The molecule has 2 heterocycles. The Hall–Kier alpha value is -2.12. The summed E-state index contributed by atoms with van der Waals surface area (Å²) in [5.74, 6) is 0. The van der Waals surface area contributed by atoms with Crippen LogP contribution in [0.25, 0.3) is 41.6 Å². The third-order valence-electron chi connectivity index (χ3n) is 6.52. The number of anilines is 1. The van der Waals surface area contributed by atoms with E-state index in [0.717, 1.165) is 11.1 Å². The maximum absolute atomic E-state index is 11.9. The summed E-state index contributed by atoms with van der Waals surface area (Å²) in [6.07, 6.45) is 0. The van der Waals surface area contributed by atoms with Crippen LogP contribution in [-0.4, -0.2) is 95.0 Å². The average Bonchev–Trinajstić information content (AvgIpc) is 3.56. The van der Waals surface area contributed by atoms with Gasteiger partial charge in [-0.3, -0.25) is 14.5 Å². The van der Waals surface area contributed by atoms with E-state index in [9.17, 15) is 25.9 Å². The first-order chi connectivity index (χ1) is 20.4. The summed E-state index contributed by atoms with van der Waals surface area (Å²) in [4.78, 5) is 8.80. The molecule has 0 amide bonds. The van der Waals surface area contributed by atoms with Crippen molar-refractivity contribution in [1.29, 1.82) is 0 Å². The molecule has 17 heteroatoms. The zero-order chi connectivity index (χ0) is 30.5. The number of fused-ring (bicyclic) bond motifs is 2. The quantitative estimate of drug-likeness (QED) is 0.0711. The van der Waals surface area contributed by atoms with E-state index in [0.29, 0.717) is 53.0 Å². The van der Waals surface area contributed by atoms with Crippen LogP contribution in [0.3, 0.4) is 0 Å². The number of aryl methyl sites for hydroxylation is 2. The Balaban J connectivity index is 0.00000230. The molecule has 2 aromatic heterocycles. The van der Waals surface area contributed by atoms with Gasteiger partial charge in [-0.2, -0.15) is 16.8 Å². The van der Waals surface area contributed by atoms with Crippen molar-refractivity contribution in [3.05, 3.63) is 83.9 Å². The maximum Gasteiger partial charge on any atom is 0.296 e.